The van der Waals surface area contributed by atoms with E-state index < -0.39 is 0 Å². The first-order chi connectivity index (χ1) is 7.69. The number of hydrogen-bond acceptors (Lipinski definition) is 2. The van der Waals surface area contributed by atoms with Gasteiger partial charge in [0.25, 0.3) is 0 Å². The van der Waals surface area contributed by atoms with Crippen molar-refractivity contribution in [3.63, 3.8) is 0 Å². The van der Waals surface area contributed by atoms with Gasteiger partial charge in [-0.2, -0.15) is 5.10 Å². The highest BCUT2D eigenvalue weighted by molar-refractivity contribution is 14.0. The Balaban J connectivity index is 0.00000256. The first-order valence-corrected chi connectivity index (χ1v) is 5.68. The second kappa shape index (κ2) is 8.32. The van der Waals surface area contributed by atoms with Gasteiger partial charge < -0.3 is 10.6 Å². The summed E-state index contributed by atoms with van der Waals surface area (Å²) in [6.45, 7) is 8.58. The lowest BCUT2D eigenvalue weighted by molar-refractivity contribution is 0.737. The third-order valence-corrected chi connectivity index (χ3v) is 2.43. The molecule has 0 saturated carbocycles. The van der Waals surface area contributed by atoms with E-state index in [2.05, 4.69) is 41.5 Å². The fraction of sp³-hybridized carbons (Fsp3) is 0.636. The predicted octanol–water partition coefficient (Wildman–Crippen LogP) is 1.42. The molecule has 0 amide bonds. The Morgan fingerprint density at radius 1 is 1.35 bits per heavy atom. The Hall–Kier alpha value is -0.790. The summed E-state index contributed by atoms with van der Waals surface area (Å²) in [4.78, 5) is 4.49. The quantitative estimate of drug-likeness (QED) is 0.490. The largest absolute Gasteiger partial charge is 0.357 e. The van der Waals surface area contributed by atoms with Gasteiger partial charge in [0.05, 0.1) is 12.7 Å². The Morgan fingerprint density at radius 2 is 1.94 bits per heavy atom. The van der Waals surface area contributed by atoms with E-state index in [0.29, 0.717) is 6.54 Å². The lowest BCUT2D eigenvalue weighted by Gasteiger charge is -2.08. The maximum Gasteiger partial charge on any atom is 0.191 e. The van der Waals surface area contributed by atoms with E-state index in [1.165, 1.54) is 0 Å². The van der Waals surface area contributed by atoms with Crippen LogP contribution in [0, 0.1) is 6.92 Å². The van der Waals surface area contributed by atoms with Crippen LogP contribution in [0.4, 0.5) is 0 Å². The Kier molecular flexibility index (Phi) is 7.94. The molecule has 0 aliphatic rings. The first kappa shape index (κ1) is 16.2. The lowest BCUT2D eigenvalue weighted by atomic mass is 10.3. The maximum atomic E-state index is 4.49. The van der Waals surface area contributed by atoms with Crippen LogP contribution in [0.15, 0.2) is 11.2 Å². The van der Waals surface area contributed by atoms with Gasteiger partial charge >= 0.3 is 0 Å². The van der Waals surface area contributed by atoms with E-state index in [1.54, 1.807) is 0 Å². The second-order valence-electron chi connectivity index (χ2n) is 3.60. The van der Waals surface area contributed by atoms with Gasteiger partial charge in [-0.25, -0.2) is 4.99 Å². The van der Waals surface area contributed by atoms with Crippen molar-refractivity contribution in [1.29, 1.82) is 0 Å². The minimum absolute atomic E-state index is 0. The summed E-state index contributed by atoms with van der Waals surface area (Å²) in [6, 6.07) is 0. The molecule has 0 aliphatic heterocycles. The van der Waals surface area contributed by atoms with Crippen molar-refractivity contribution in [2.24, 2.45) is 12.0 Å². The number of aliphatic imine (C=N–C) groups is 1. The van der Waals surface area contributed by atoms with Crippen LogP contribution in [0.5, 0.6) is 0 Å². The summed E-state index contributed by atoms with van der Waals surface area (Å²) in [7, 11) is 1.94. The van der Waals surface area contributed by atoms with Crippen LogP contribution < -0.4 is 10.6 Å². The molecule has 1 aromatic rings. The van der Waals surface area contributed by atoms with Crippen molar-refractivity contribution in [2.75, 3.05) is 13.1 Å². The molecule has 0 spiro atoms. The summed E-state index contributed by atoms with van der Waals surface area (Å²) in [6.07, 6.45) is 1.87. The topological polar surface area (TPSA) is 54.2 Å². The van der Waals surface area contributed by atoms with Crippen molar-refractivity contribution >= 4 is 29.9 Å². The monoisotopic (exact) mass is 351 g/mol. The van der Waals surface area contributed by atoms with Crippen LogP contribution >= 0.6 is 24.0 Å². The molecule has 0 bridgehead atoms. The molecule has 1 aromatic heterocycles. The molecule has 0 aliphatic carbocycles. The summed E-state index contributed by atoms with van der Waals surface area (Å²) in [5, 5.41) is 10.6. The number of nitrogens with one attached hydrogen (secondary N) is 2. The standard InChI is InChI=1S/C11H21N5.HI/c1-5-12-11(13-6-2)14-7-10-8-15-16(4)9(10)3;/h8H,5-7H2,1-4H3,(H2,12,13,14);1H. The van der Waals surface area contributed by atoms with Crippen LogP contribution in [0.2, 0.25) is 0 Å². The number of aryl methyl sites for hydroxylation is 1. The molecule has 0 atom stereocenters. The van der Waals surface area contributed by atoms with Crippen LogP contribution in [0.3, 0.4) is 0 Å². The Bertz CT molecular complexity index is 351. The van der Waals surface area contributed by atoms with E-state index in [-0.39, 0.29) is 24.0 Å². The summed E-state index contributed by atoms with van der Waals surface area (Å²) >= 11 is 0. The molecule has 17 heavy (non-hydrogen) atoms. The molecule has 1 heterocycles. The van der Waals surface area contributed by atoms with Gasteiger partial charge in [-0.15, -0.1) is 24.0 Å². The highest BCUT2D eigenvalue weighted by Gasteiger charge is 2.02. The lowest BCUT2D eigenvalue weighted by Crippen LogP contribution is -2.36. The third-order valence-electron chi connectivity index (χ3n) is 2.43. The van der Waals surface area contributed by atoms with Crippen LogP contribution in [0.25, 0.3) is 0 Å². The van der Waals surface area contributed by atoms with E-state index in [9.17, 15) is 0 Å². The average Bonchev–Trinajstić information content (AvgIpc) is 2.58. The van der Waals surface area contributed by atoms with Gasteiger partial charge in [-0.3, -0.25) is 4.68 Å². The SMILES string of the molecule is CCNC(=NCc1cnn(C)c1C)NCC.I. The molecular formula is C11H22IN5. The third kappa shape index (κ3) is 4.93. The number of hydrogen-bond donors (Lipinski definition) is 2. The smallest absolute Gasteiger partial charge is 0.191 e. The average molecular weight is 351 g/mol. The molecule has 98 valence electrons. The molecule has 0 radical (unpaired) electrons. The van der Waals surface area contributed by atoms with Gasteiger partial charge in [0.2, 0.25) is 0 Å². The molecule has 2 N–H and O–H groups in total. The van der Waals surface area contributed by atoms with Crippen molar-refractivity contribution in [1.82, 2.24) is 20.4 Å². The first-order valence-electron chi connectivity index (χ1n) is 5.68. The molecule has 0 saturated heterocycles. The second-order valence-corrected chi connectivity index (χ2v) is 3.60. The number of guanidine groups is 1. The van der Waals surface area contributed by atoms with Crippen LogP contribution in [-0.4, -0.2) is 28.8 Å². The van der Waals surface area contributed by atoms with Crippen molar-refractivity contribution in [3.8, 4) is 0 Å². The fourth-order valence-electron chi connectivity index (χ4n) is 1.37. The molecule has 0 unspecified atom stereocenters. The molecule has 5 nitrogen and oxygen atoms in total. The van der Waals surface area contributed by atoms with Gasteiger partial charge in [-0.1, -0.05) is 0 Å². The van der Waals surface area contributed by atoms with Gasteiger partial charge in [-0.05, 0) is 20.8 Å². The normalized spacial score (nSPS) is 9.41. The van der Waals surface area contributed by atoms with Crippen molar-refractivity contribution in [3.05, 3.63) is 17.5 Å². The molecule has 6 heteroatoms. The molecular weight excluding hydrogens is 329 g/mol. The summed E-state index contributed by atoms with van der Waals surface area (Å²) < 4.78 is 1.87. The summed E-state index contributed by atoms with van der Waals surface area (Å²) in [5.74, 6) is 0.855. The van der Waals surface area contributed by atoms with Crippen molar-refractivity contribution in [2.45, 2.75) is 27.3 Å². The van der Waals surface area contributed by atoms with Gasteiger partial charge in [0.15, 0.2) is 5.96 Å². The van der Waals surface area contributed by atoms with Gasteiger partial charge in [0, 0.05) is 31.4 Å². The molecule has 0 aromatic carbocycles. The zero-order valence-electron chi connectivity index (χ0n) is 10.9. The number of halogens is 1. The minimum atomic E-state index is 0. The van der Waals surface area contributed by atoms with Crippen molar-refractivity contribution < 1.29 is 0 Å². The zero-order valence-corrected chi connectivity index (χ0v) is 13.3. The predicted molar refractivity (Wildman–Crippen MR) is 81.9 cm³/mol. The highest BCUT2D eigenvalue weighted by atomic mass is 127. The van der Waals surface area contributed by atoms with E-state index in [4.69, 9.17) is 0 Å². The maximum absolute atomic E-state index is 4.49. The zero-order chi connectivity index (χ0) is 12.0. The van der Waals surface area contributed by atoms with E-state index in [0.717, 1.165) is 30.3 Å². The summed E-state index contributed by atoms with van der Waals surface area (Å²) in [5.41, 5.74) is 2.33. The van der Waals surface area contributed by atoms with E-state index >= 15 is 0 Å². The molecule has 1 rings (SSSR count). The minimum Gasteiger partial charge on any atom is -0.357 e. The number of nitrogens with zero attached hydrogens (tertiary/aromatic N) is 3. The highest BCUT2D eigenvalue weighted by Crippen LogP contribution is 2.06. The van der Waals surface area contributed by atoms with E-state index in [1.807, 2.05) is 17.9 Å². The number of rotatable bonds is 4. The fourth-order valence-corrected chi connectivity index (χ4v) is 1.37. The van der Waals surface area contributed by atoms with Crippen LogP contribution in [0.1, 0.15) is 25.1 Å². The van der Waals surface area contributed by atoms with Gasteiger partial charge in [0.1, 0.15) is 0 Å². The Labute approximate surface area is 120 Å². The van der Waals surface area contributed by atoms with Crippen LogP contribution in [-0.2, 0) is 13.6 Å². The number of aromatic nitrogens is 2. The molecule has 0 fully saturated rings. The Morgan fingerprint density at radius 3 is 2.35 bits per heavy atom.